The van der Waals surface area contributed by atoms with Gasteiger partial charge in [-0.05, 0) is 143 Å². The van der Waals surface area contributed by atoms with E-state index in [9.17, 15) is 39.1 Å². The van der Waals surface area contributed by atoms with Gasteiger partial charge in [-0.2, -0.15) is 0 Å². The van der Waals surface area contributed by atoms with Crippen LogP contribution in [0.4, 0.5) is 0 Å². The van der Waals surface area contributed by atoms with Crippen LogP contribution in [0.2, 0.25) is 0 Å². The summed E-state index contributed by atoms with van der Waals surface area (Å²) in [5.74, 6) is -33.1. The molecular weight excluding hydrogens is 1140 g/mol. The molecule has 6 heterocycles. The first-order valence-corrected chi connectivity index (χ1v) is 27.7. The molecule has 18 heteroatoms. The fourth-order valence-electron chi connectivity index (χ4n) is 8.64. The second kappa shape index (κ2) is 32.5. The predicted molar refractivity (Wildman–Crippen MR) is 353 cm³/mol. The van der Waals surface area contributed by atoms with Crippen LogP contribution in [-0.4, -0.2) is 151 Å². The normalized spacial score (nSPS) is 48.5. The van der Waals surface area contributed by atoms with Gasteiger partial charge in [-0.3, -0.25) is 29.1 Å². The molecule has 9 rings (SSSR count). The molecule has 6 aliphatic rings. The summed E-state index contributed by atoms with van der Waals surface area (Å²) in [4.78, 5) is 39.1. The number of benzene rings is 3. The molecule has 0 amide bonds. The molecule has 0 bridgehead atoms. The number of carbonyl (C=O) groups is 3. The second-order valence-electron chi connectivity index (χ2n) is 21.4. The molecule has 3 aromatic carbocycles. The van der Waals surface area contributed by atoms with E-state index in [4.69, 9.17) is 109 Å². The molecule has 15 atom stereocenters. The molecule has 0 spiro atoms. The van der Waals surface area contributed by atoms with E-state index < -0.39 is 318 Å². The van der Waals surface area contributed by atoms with Crippen molar-refractivity contribution in [1.82, 2.24) is 14.7 Å². The van der Waals surface area contributed by atoms with E-state index in [1.54, 1.807) is 0 Å². The maximum Gasteiger partial charge on any atom is 0.323 e. The van der Waals surface area contributed by atoms with Crippen molar-refractivity contribution in [2.24, 2.45) is 70.3 Å². The minimum absolute atomic E-state index is 0.169. The minimum atomic E-state index is -4.43. The Morgan fingerprint density at radius 3 is 1.21 bits per heavy atom. The Bertz CT molecular complexity index is 5350. The van der Waals surface area contributed by atoms with Crippen molar-refractivity contribution in [1.29, 1.82) is 0 Å². The number of piperidine rings is 3. The smallest absolute Gasteiger partial charge is 0.323 e. The number of carbonyl (C=O) groups excluding carboxylic acids is 3. The molecule has 0 saturated carbocycles. The van der Waals surface area contributed by atoms with Crippen LogP contribution < -0.4 is 45.6 Å². The van der Waals surface area contributed by atoms with Crippen LogP contribution in [0, 0.1) is 53.1 Å². The number of hydrogen-bond acceptors (Lipinski definition) is 18. The Hall–Kier alpha value is -5.37. The van der Waals surface area contributed by atoms with Gasteiger partial charge >= 0.3 is 17.9 Å². The van der Waals surface area contributed by atoms with E-state index in [-0.39, 0.29) is 21.3 Å². The fraction of sp³-hybridized carbons (Fsp3) is 0.708. The van der Waals surface area contributed by atoms with Crippen LogP contribution in [0.5, 0.6) is 34.5 Å². The van der Waals surface area contributed by atoms with Crippen LogP contribution in [0.25, 0.3) is 0 Å². The molecule has 0 aliphatic carbocycles. The van der Waals surface area contributed by atoms with E-state index in [0.29, 0.717) is 39.0 Å². The van der Waals surface area contributed by atoms with Crippen LogP contribution in [0.1, 0.15) is 247 Å². The van der Waals surface area contributed by atoms with Gasteiger partial charge in [-0.1, -0.05) is 82.9 Å². The van der Waals surface area contributed by atoms with Crippen LogP contribution in [-0.2, 0) is 47.7 Å². The third kappa shape index (κ3) is 17.5. The predicted octanol–water partition coefficient (Wildman–Crippen LogP) is 10.7. The molecule has 3 aromatic rings. The summed E-state index contributed by atoms with van der Waals surface area (Å²) in [6, 6.07) is -10.1. The van der Waals surface area contributed by atoms with Crippen LogP contribution in [0.3, 0.4) is 0 Å². The Labute approximate surface area is 615 Å². The number of esters is 3. The number of hydrogen-bond donors (Lipinski definition) is 3. The molecule has 0 radical (unpaired) electrons. The van der Waals surface area contributed by atoms with Gasteiger partial charge in [-0.15, -0.1) is 0 Å². The maximum absolute atomic E-state index is 13.4. The summed E-state index contributed by atoms with van der Waals surface area (Å²) in [6.07, 6.45) is -44.9. The molecule has 6 aliphatic heterocycles. The number of nitrogens with two attached hydrogens (primary N) is 3. The van der Waals surface area contributed by atoms with Crippen molar-refractivity contribution in [3.05, 3.63) is 69.8 Å². The van der Waals surface area contributed by atoms with Gasteiger partial charge in [0, 0.05) is 156 Å². The summed E-state index contributed by atoms with van der Waals surface area (Å²) in [6.45, 7) is -25.2. The first-order chi connectivity index (χ1) is 63.3. The monoisotopic (exact) mass is 1310 g/mol. The highest BCUT2D eigenvalue weighted by Gasteiger charge is 2.45. The lowest BCUT2D eigenvalue weighted by atomic mass is 9.79. The highest BCUT2D eigenvalue weighted by Crippen LogP contribution is 2.48. The van der Waals surface area contributed by atoms with Gasteiger partial charge in [-0.25, -0.2) is 0 Å². The lowest BCUT2D eigenvalue weighted by Gasteiger charge is -2.47. The highest BCUT2D eigenvalue weighted by molar-refractivity contribution is 5.77. The molecule has 3 saturated heterocycles. The topological polar surface area (TPSA) is 222 Å². The third-order valence-electron chi connectivity index (χ3n) is 13.7. The molecule has 3 fully saturated rings. The summed E-state index contributed by atoms with van der Waals surface area (Å²) >= 11 is 0. The average Bonchev–Trinajstić information content (AvgIpc) is 0.646. The fourth-order valence-corrected chi connectivity index (χ4v) is 8.64. The van der Waals surface area contributed by atoms with Gasteiger partial charge in [0.05, 0.1) is 54.9 Å². The van der Waals surface area contributed by atoms with Crippen molar-refractivity contribution in [3.63, 3.8) is 0 Å². The summed E-state index contributed by atoms with van der Waals surface area (Å²) in [5.41, 5.74) is 12.8. The Morgan fingerprint density at radius 1 is 0.500 bits per heavy atom. The van der Waals surface area contributed by atoms with Crippen molar-refractivity contribution >= 4 is 17.9 Å². The van der Waals surface area contributed by atoms with Gasteiger partial charge in [0.2, 0.25) is 0 Å². The molecule has 504 valence electrons. The van der Waals surface area contributed by atoms with Gasteiger partial charge in [0.25, 0.3) is 0 Å². The average molecular weight is 1310 g/mol. The van der Waals surface area contributed by atoms with Crippen LogP contribution in [0.15, 0.2) is 36.4 Å². The zero-order chi connectivity index (χ0) is 114. The van der Waals surface area contributed by atoms with Gasteiger partial charge < -0.3 is 59.8 Å². The Morgan fingerprint density at radius 2 is 0.833 bits per heavy atom. The standard InChI is InChI=1S/3C24H38N2O4/c3*1-14(2)9-17-13-26-8-7-16-10-21(28-5)22(29-6)11-18(16)19(26)12-20(17)30-24(27)23(25)15(3)4/h3*10-11,14-15,17,19-20,23H,7-9,12-13,25H2,1-6H3/t3*17?,19?,20?,23-/m000/s1/i1D3,5D3,7D2,8D2,9D2,12D2,13D2,14D,17D,20D;1D3,5D3,7D2,8D2,9D2,12D2,13D2,14D,17D,19D;1D3,7D2,8D2,9D2,12D2,13D2,14D,17D,19D/t3*14?,17?,19?,20?,23-. The zero-order valence-corrected chi connectivity index (χ0v) is 51.6. The first-order valence-electron chi connectivity index (χ1n) is 54.7. The zero-order valence-electron chi connectivity index (χ0n) is 106. The first kappa shape index (κ1) is 28.3. The summed E-state index contributed by atoms with van der Waals surface area (Å²) in [7, 11) is -2.03. The van der Waals surface area contributed by atoms with Crippen molar-refractivity contribution in [3.8, 4) is 34.5 Å². The van der Waals surface area contributed by atoms with Gasteiger partial charge in [0.15, 0.2) is 34.5 Å². The van der Waals surface area contributed by atoms with Crippen LogP contribution >= 0.6 is 0 Å². The Balaban J connectivity index is 0.000000293. The molecular formula is C72H114N6O12. The second-order valence-corrected chi connectivity index (χ2v) is 21.4. The number of nitrogens with zero attached hydrogens (tertiary/aromatic N) is 3. The lowest BCUT2D eigenvalue weighted by molar-refractivity contribution is -0.161. The largest absolute Gasteiger partial charge is 0.493 e. The van der Waals surface area contributed by atoms with E-state index >= 15 is 0 Å². The number of aryl methyl sites for hydroxylation is 3. The summed E-state index contributed by atoms with van der Waals surface area (Å²) < 4.78 is 515. The Kier molecular flexibility index (Phi) is 10.2. The molecule has 12 unspecified atom stereocenters. The van der Waals surface area contributed by atoms with Gasteiger partial charge in [0.1, 0.15) is 36.4 Å². The van der Waals surface area contributed by atoms with Crippen molar-refractivity contribution in [2.45, 2.75) is 195 Å². The number of rotatable bonds is 21. The quantitative estimate of drug-likeness (QED) is 0.0666. The molecule has 18 nitrogen and oxygen atoms in total. The van der Waals surface area contributed by atoms with E-state index in [1.807, 2.05) is 0 Å². The minimum Gasteiger partial charge on any atom is -0.493 e. The number of methoxy groups -OCH3 is 6. The molecule has 90 heavy (non-hydrogen) atoms. The van der Waals surface area contributed by atoms with E-state index in [1.165, 1.54) is 48.7 Å². The summed E-state index contributed by atoms with van der Waals surface area (Å²) in [5, 5.41) is 0. The third-order valence-corrected chi connectivity index (χ3v) is 13.7. The highest BCUT2D eigenvalue weighted by atomic mass is 16.6. The van der Waals surface area contributed by atoms with Crippen molar-refractivity contribution in [2.75, 3.05) is 81.5 Å². The van der Waals surface area contributed by atoms with E-state index in [2.05, 4.69) is 0 Å². The SMILES string of the molecule is [2H]C([2H])([2H])C([2H])(C)C([2H])([2H])C1([2H])C(OC(=O)[C@@H](N)C(C)C)C([2H])([2H])C2([2H])c3cc(OC)c(OC)cc3C([2H])([2H])C([2H])([2H])N2C1([2H])[2H].[2H]C([2H])([2H])Oc1cc2c(cc1OC)C1([2H])N(C([2H])([2H])C2([2H])[2H])C([2H])([2H])C([2H])(C([2H])([2H])C([2H])(C)C([2H])([2H])[2H])C(OC(=O)[C@@H](N)C(C)C)C1([2H])[2H].[2H]C([2H])([2H])Oc1cc2c(cc1OC)C1N(C([2H])([2H])C2([2H])[2H])C([2H])([2H])C([2H])(C([2H])([2H])C([2H])(C)C([2H])([2H])[2H])C([2H])(OC(=O)[C@@H](N)C(C)C)C1([2H])[2H]. The number of ether oxygens (including phenoxy) is 9. The molecule has 0 aromatic heterocycles. The van der Waals surface area contributed by atoms with Crippen molar-refractivity contribution < 1.29 is 131 Å². The maximum atomic E-state index is 13.4. The lowest BCUT2D eigenvalue weighted by Crippen LogP contribution is -2.51. The number of fused-ring (bicyclic) bond motifs is 9. The molecule has 6 N–H and O–H groups in total. The van der Waals surface area contributed by atoms with E-state index in [0.717, 1.165) is 39.5 Å².